The quantitative estimate of drug-likeness (QED) is 0.425. The van der Waals surface area contributed by atoms with Gasteiger partial charge >= 0.3 is 0 Å². The molecule has 1 aromatic rings. The van der Waals surface area contributed by atoms with E-state index in [1.54, 1.807) is 12.1 Å². The standard InChI is InChI=1S/C8H10O.C8H13Si.C2H7Si.2ClH.Ti/c1-6-3-7(2)5-8(9)4-6;1-9(2,3)8-6-4-5-7-8;1-3-2;;;/h3-5,9H,1-2H3;4,6H,5H2,1-3H3;3H,1-2H3;2*1H;/q;-1;;;;. The van der Waals surface area contributed by atoms with Crippen LogP contribution in [0.25, 0.3) is 0 Å². The predicted octanol–water partition coefficient (Wildman–Crippen LogP) is 5.92. The van der Waals surface area contributed by atoms with Gasteiger partial charge in [-0.15, -0.1) is 31.2 Å². The summed E-state index contributed by atoms with van der Waals surface area (Å²) in [4.78, 5) is 0. The Morgan fingerprint density at radius 3 is 1.62 bits per heavy atom. The third-order valence-electron chi connectivity index (χ3n) is 2.71. The minimum absolute atomic E-state index is 0. The van der Waals surface area contributed by atoms with Crippen LogP contribution in [-0.4, -0.2) is 22.7 Å². The maximum absolute atomic E-state index is 8.99. The molecule has 6 heteroatoms. The fourth-order valence-corrected chi connectivity index (χ4v) is 3.12. The van der Waals surface area contributed by atoms with Crippen LogP contribution in [-0.2, 0) is 21.7 Å². The molecule has 0 fully saturated rings. The molecule has 0 unspecified atom stereocenters. The van der Waals surface area contributed by atoms with E-state index in [1.165, 1.54) is 5.20 Å². The Labute approximate surface area is 179 Å². The van der Waals surface area contributed by atoms with E-state index in [2.05, 4.69) is 51.0 Å². The number of rotatable bonds is 1. The second-order valence-corrected chi connectivity index (χ2v) is 12.6. The van der Waals surface area contributed by atoms with Gasteiger partial charge in [-0.2, -0.15) is 6.08 Å². The Balaban J connectivity index is -0.000000130. The van der Waals surface area contributed by atoms with Crippen LogP contribution in [0, 0.1) is 19.9 Å². The number of hydrogen-bond donors (Lipinski definition) is 1. The van der Waals surface area contributed by atoms with Crippen molar-refractivity contribution in [3.63, 3.8) is 0 Å². The number of allylic oxidation sites excluding steroid dienone is 4. The molecule has 137 valence electrons. The van der Waals surface area contributed by atoms with Crippen LogP contribution in [0.3, 0.4) is 0 Å². The van der Waals surface area contributed by atoms with Crippen molar-refractivity contribution in [2.24, 2.45) is 0 Å². The Morgan fingerprint density at radius 2 is 1.42 bits per heavy atom. The molecule has 0 spiro atoms. The Kier molecular flexibility index (Phi) is 22.2. The summed E-state index contributed by atoms with van der Waals surface area (Å²) in [5.41, 5.74) is 2.21. The van der Waals surface area contributed by atoms with Gasteiger partial charge in [-0.3, -0.25) is 6.08 Å². The Hall–Kier alpha value is 0.228. The Morgan fingerprint density at radius 1 is 1.00 bits per heavy atom. The van der Waals surface area contributed by atoms with Gasteiger partial charge in [0.2, 0.25) is 0 Å². The second kappa shape index (κ2) is 16.7. The van der Waals surface area contributed by atoms with Gasteiger partial charge in [-0.25, -0.2) is 11.3 Å². The van der Waals surface area contributed by atoms with E-state index >= 15 is 0 Å². The SMILES string of the molecule is C[SiH]C.C[Si](C)(C)C1=[C-]CC=C1.Cc1cc(C)cc(O)c1.Cl.Cl.[Ti]. The molecule has 1 aliphatic rings. The van der Waals surface area contributed by atoms with E-state index in [0.717, 1.165) is 27.1 Å². The molecule has 1 aliphatic carbocycles. The van der Waals surface area contributed by atoms with Gasteiger partial charge in [-0.05, 0) is 37.1 Å². The van der Waals surface area contributed by atoms with Crippen molar-refractivity contribution < 1.29 is 26.8 Å². The number of benzene rings is 1. The van der Waals surface area contributed by atoms with Crippen LogP contribution in [0.15, 0.2) is 35.5 Å². The summed E-state index contributed by atoms with van der Waals surface area (Å²) in [6, 6.07) is 5.51. The van der Waals surface area contributed by atoms with Gasteiger partial charge in [0.15, 0.2) is 0 Å². The summed E-state index contributed by atoms with van der Waals surface area (Å²) in [6.07, 6.45) is 8.82. The molecule has 24 heavy (non-hydrogen) atoms. The van der Waals surface area contributed by atoms with Crippen molar-refractivity contribution in [3.05, 3.63) is 52.8 Å². The zero-order chi connectivity index (χ0) is 16.5. The van der Waals surface area contributed by atoms with Crippen LogP contribution in [0.2, 0.25) is 32.7 Å². The fraction of sp³-hybridized carbons (Fsp3) is 0.444. The average molecular weight is 439 g/mol. The summed E-state index contributed by atoms with van der Waals surface area (Å²) in [5, 5.41) is 10.5. The van der Waals surface area contributed by atoms with Crippen molar-refractivity contribution >= 4 is 42.4 Å². The minimum atomic E-state index is -1.01. The van der Waals surface area contributed by atoms with Crippen molar-refractivity contribution in [2.45, 2.75) is 53.0 Å². The molecule has 1 nitrogen and oxygen atoms in total. The van der Waals surface area contributed by atoms with Gasteiger partial charge < -0.3 is 5.11 Å². The zero-order valence-electron chi connectivity index (χ0n) is 15.9. The normalized spacial score (nSPS) is 11.2. The van der Waals surface area contributed by atoms with Gasteiger partial charge in [0.1, 0.15) is 5.75 Å². The van der Waals surface area contributed by atoms with Crippen molar-refractivity contribution in [1.29, 1.82) is 0 Å². The predicted molar refractivity (Wildman–Crippen MR) is 115 cm³/mol. The molecular formula is C18H32Cl2OSi2Ti-. The monoisotopic (exact) mass is 438 g/mol. The first-order chi connectivity index (χ1) is 9.70. The number of aryl methyl sites for hydroxylation is 2. The van der Waals surface area contributed by atoms with Gasteiger partial charge in [0.25, 0.3) is 0 Å². The molecule has 0 aromatic heterocycles. The maximum Gasteiger partial charge on any atom is 0.116 e. The van der Waals surface area contributed by atoms with Gasteiger partial charge in [0, 0.05) is 39.3 Å². The summed E-state index contributed by atoms with van der Waals surface area (Å²) < 4.78 is 0. The molecule has 0 heterocycles. The van der Waals surface area contributed by atoms with E-state index < -0.39 is 8.07 Å². The van der Waals surface area contributed by atoms with Crippen molar-refractivity contribution in [2.75, 3.05) is 0 Å². The molecule has 0 saturated carbocycles. The topological polar surface area (TPSA) is 20.2 Å². The summed E-state index contributed by atoms with van der Waals surface area (Å²) in [6.45, 7) is 15.4. The van der Waals surface area contributed by atoms with Crippen LogP contribution in [0.4, 0.5) is 0 Å². The first kappa shape index (κ1) is 31.9. The molecule has 0 saturated heterocycles. The molecule has 0 aliphatic heterocycles. The average Bonchev–Trinajstić information content (AvgIpc) is 2.81. The molecule has 1 aromatic carbocycles. The van der Waals surface area contributed by atoms with Crippen LogP contribution >= 0.6 is 24.8 Å². The van der Waals surface area contributed by atoms with Gasteiger partial charge in [-0.1, -0.05) is 38.8 Å². The number of hydrogen-bond acceptors (Lipinski definition) is 1. The number of halogens is 2. The number of phenolic OH excluding ortho intramolecular Hbond substituents is 1. The van der Waals surface area contributed by atoms with Crippen LogP contribution < -0.4 is 0 Å². The molecule has 2 rings (SSSR count). The molecule has 1 radical (unpaired) electrons. The molecule has 0 amide bonds. The van der Waals surface area contributed by atoms with Crippen molar-refractivity contribution in [3.8, 4) is 5.75 Å². The van der Waals surface area contributed by atoms with Gasteiger partial charge in [0.05, 0.1) is 0 Å². The van der Waals surface area contributed by atoms with E-state index in [1.807, 2.05) is 19.9 Å². The summed E-state index contributed by atoms with van der Waals surface area (Å²) in [5.74, 6) is 0.354. The smallest absolute Gasteiger partial charge is 0.116 e. The summed E-state index contributed by atoms with van der Waals surface area (Å²) in [7, 11) is -0.255. The molecule has 1 N–H and O–H groups in total. The van der Waals surface area contributed by atoms with Crippen LogP contribution in [0.5, 0.6) is 5.75 Å². The third-order valence-corrected chi connectivity index (χ3v) is 4.67. The Bertz CT molecular complexity index is 448. The first-order valence-corrected chi connectivity index (χ1v) is 13.3. The fourth-order valence-electron chi connectivity index (χ4n) is 1.87. The molecule has 0 bridgehead atoms. The van der Waals surface area contributed by atoms with Crippen molar-refractivity contribution in [1.82, 2.24) is 0 Å². The molecular weight excluding hydrogens is 407 g/mol. The van der Waals surface area contributed by atoms with Crippen LogP contribution in [0.1, 0.15) is 17.5 Å². The summed E-state index contributed by atoms with van der Waals surface area (Å²) >= 11 is 0. The maximum atomic E-state index is 8.99. The first-order valence-electron chi connectivity index (χ1n) is 7.49. The van der Waals surface area contributed by atoms with E-state index in [-0.39, 0.29) is 46.5 Å². The number of phenols is 1. The number of aromatic hydroxyl groups is 1. The van der Waals surface area contributed by atoms with E-state index in [4.69, 9.17) is 5.11 Å². The second-order valence-electron chi connectivity index (χ2n) is 6.37. The van der Waals surface area contributed by atoms with E-state index in [0.29, 0.717) is 5.75 Å². The largest absolute Gasteiger partial charge is 0.508 e. The minimum Gasteiger partial charge on any atom is -0.508 e. The third kappa shape index (κ3) is 15.7. The zero-order valence-corrected chi connectivity index (χ0v) is 21.3. The van der Waals surface area contributed by atoms with E-state index in [9.17, 15) is 0 Å². The molecule has 0 atom stereocenters.